The predicted octanol–water partition coefficient (Wildman–Crippen LogP) is 2.29. The summed E-state index contributed by atoms with van der Waals surface area (Å²) in [6, 6.07) is 3.27. The molecular weight excluding hydrogens is 310 g/mol. The average Bonchev–Trinajstić information content (AvgIpc) is 2.38. The van der Waals surface area contributed by atoms with Crippen LogP contribution in [0.4, 0.5) is 11.4 Å². The Balaban J connectivity index is 2.41. The zero-order chi connectivity index (χ0) is 14.7. The molecule has 0 aliphatic carbocycles. The summed E-state index contributed by atoms with van der Waals surface area (Å²) < 4.78 is 0. The molecule has 0 unspecified atom stereocenters. The SMILES string of the molecule is O=[N+]([O-])c1ccc(Sc2n[c]nc(Cl)n2)c([N+](=O)[O-])c1. The van der Waals surface area contributed by atoms with Gasteiger partial charge in [0.2, 0.25) is 11.6 Å². The van der Waals surface area contributed by atoms with E-state index in [1.165, 1.54) is 6.07 Å². The summed E-state index contributed by atoms with van der Waals surface area (Å²) >= 11 is 6.39. The van der Waals surface area contributed by atoms with Crippen molar-refractivity contribution in [2.75, 3.05) is 0 Å². The van der Waals surface area contributed by atoms with Crippen LogP contribution in [0.1, 0.15) is 0 Å². The maximum atomic E-state index is 10.9. The lowest BCUT2D eigenvalue weighted by Crippen LogP contribution is -1.95. The highest BCUT2D eigenvalue weighted by Gasteiger charge is 2.21. The first kappa shape index (κ1) is 14.1. The number of hydrogen-bond donors (Lipinski definition) is 0. The van der Waals surface area contributed by atoms with Crippen LogP contribution in [0.2, 0.25) is 5.28 Å². The van der Waals surface area contributed by atoms with Crippen molar-refractivity contribution in [3.63, 3.8) is 0 Å². The van der Waals surface area contributed by atoms with Gasteiger partial charge in [-0.25, -0.2) is 0 Å². The van der Waals surface area contributed by atoms with Gasteiger partial charge in [-0.2, -0.15) is 15.0 Å². The van der Waals surface area contributed by atoms with Crippen LogP contribution < -0.4 is 0 Å². The van der Waals surface area contributed by atoms with E-state index in [-0.39, 0.29) is 21.0 Å². The van der Waals surface area contributed by atoms with E-state index >= 15 is 0 Å². The van der Waals surface area contributed by atoms with Gasteiger partial charge < -0.3 is 0 Å². The van der Waals surface area contributed by atoms with Gasteiger partial charge in [-0.1, -0.05) is 0 Å². The second-order valence-electron chi connectivity index (χ2n) is 3.26. The van der Waals surface area contributed by atoms with E-state index in [9.17, 15) is 20.2 Å². The van der Waals surface area contributed by atoms with Crippen molar-refractivity contribution in [1.29, 1.82) is 0 Å². The number of rotatable bonds is 4. The van der Waals surface area contributed by atoms with Gasteiger partial charge in [-0.3, -0.25) is 20.2 Å². The summed E-state index contributed by atoms with van der Waals surface area (Å²) in [4.78, 5) is 31.1. The molecule has 1 heterocycles. The Morgan fingerprint density at radius 1 is 1.20 bits per heavy atom. The molecule has 2 aromatic rings. The number of halogens is 1. The Bertz CT molecular complexity index is 698. The molecule has 0 bridgehead atoms. The van der Waals surface area contributed by atoms with Crippen molar-refractivity contribution >= 4 is 34.7 Å². The fraction of sp³-hybridized carbons (Fsp3) is 0. The molecule has 0 amide bonds. The second-order valence-corrected chi connectivity index (χ2v) is 4.60. The van der Waals surface area contributed by atoms with Crippen molar-refractivity contribution < 1.29 is 9.85 Å². The predicted molar refractivity (Wildman–Crippen MR) is 67.5 cm³/mol. The highest BCUT2D eigenvalue weighted by molar-refractivity contribution is 7.99. The van der Waals surface area contributed by atoms with Gasteiger partial charge in [0.05, 0.1) is 20.8 Å². The van der Waals surface area contributed by atoms with Gasteiger partial charge in [0.25, 0.3) is 11.4 Å². The van der Waals surface area contributed by atoms with Crippen LogP contribution in [0.15, 0.2) is 28.3 Å². The highest BCUT2D eigenvalue weighted by atomic mass is 35.5. The molecule has 0 spiro atoms. The fourth-order valence-corrected chi connectivity index (χ4v) is 2.19. The van der Waals surface area contributed by atoms with E-state index in [0.717, 1.165) is 23.9 Å². The lowest BCUT2D eigenvalue weighted by atomic mass is 10.3. The van der Waals surface area contributed by atoms with Crippen LogP contribution >= 0.6 is 23.4 Å². The smallest absolute Gasteiger partial charge is 0.258 e. The minimum absolute atomic E-state index is 0.0990. The Morgan fingerprint density at radius 2 is 1.95 bits per heavy atom. The average molecular weight is 313 g/mol. The number of nitro groups is 2. The van der Waals surface area contributed by atoms with Crippen LogP contribution in [-0.4, -0.2) is 24.8 Å². The lowest BCUT2D eigenvalue weighted by molar-refractivity contribution is -0.396. The molecule has 0 N–H and O–H groups in total. The molecule has 9 nitrogen and oxygen atoms in total. The highest BCUT2D eigenvalue weighted by Crippen LogP contribution is 2.35. The van der Waals surface area contributed by atoms with Gasteiger partial charge in [-0.05, 0) is 29.4 Å². The summed E-state index contributed by atoms with van der Waals surface area (Å²) in [5, 5.41) is 21.5. The molecule has 1 aromatic carbocycles. The Labute approximate surface area is 120 Å². The van der Waals surface area contributed by atoms with Crippen molar-refractivity contribution in [2.24, 2.45) is 0 Å². The van der Waals surface area contributed by atoms with Crippen LogP contribution in [0.25, 0.3) is 0 Å². The summed E-state index contributed by atoms with van der Waals surface area (Å²) in [5.41, 5.74) is -0.790. The van der Waals surface area contributed by atoms with Crippen LogP contribution in [0, 0.1) is 26.6 Å². The van der Waals surface area contributed by atoms with Crippen LogP contribution in [-0.2, 0) is 0 Å². The molecule has 0 saturated heterocycles. The minimum Gasteiger partial charge on any atom is -0.258 e. The number of benzene rings is 1. The minimum atomic E-state index is -0.720. The van der Waals surface area contributed by atoms with Crippen molar-refractivity contribution in [3.05, 3.63) is 50.0 Å². The molecule has 2 rings (SSSR count). The van der Waals surface area contributed by atoms with Gasteiger partial charge in [0.1, 0.15) is 0 Å². The third kappa shape index (κ3) is 3.16. The summed E-state index contributed by atoms with van der Waals surface area (Å²) in [7, 11) is 0. The zero-order valence-electron chi connectivity index (χ0n) is 9.39. The number of aromatic nitrogens is 3. The summed E-state index contributed by atoms with van der Waals surface area (Å²) in [6.07, 6.45) is 2.23. The van der Waals surface area contributed by atoms with Crippen LogP contribution in [0.5, 0.6) is 0 Å². The standard InChI is InChI=1S/C9H3ClN5O4S/c10-8-11-4-12-9(13-8)20-7-2-1-5(14(16)17)3-6(7)15(18)19/h1-3H. The summed E-state index contributed by atoms with van der Waals surface area (Å²) in [5.74, 6) is 0. The van der Waals surface area contributed by atoms with Crippen molar-refractivity contribution in [1.82, 2.24) is 15.0 Å². The van der Waals surface area contributed by atoms with Gasteiger partial charge in [0.15, 0.2) is 5.16 Å². The molecule has 101 valence electrons. The molecule has 0 saturated carbocycles. The number of non-ortho nitro benzene ring substituents is 1. The topological polar surface area (TPSA) is 125 Å². The third-order valence-corrected chi connectivity index (χ3v) is 3.13. The quantitative estimate of drug-likeness (QED) is 0.621. The van der Waals surface area contributed by atoms with E-state index in [2.05, 4.69) is 21.3 Å². The first-order valence-electron chi connectivity index (χ1n) is 4.85. The second kappa shape index (κ2) is 5.75. The molecule has 1 aromatic heterocycles. The zero-order valence-corrected chi connectivity index (χ0v) is 11.0. The normalized spacial score (nSPS) is 10.2. The molecule has 0 aliphatic rings. The molecule has 0 aliphatic heterocycles. The van der Waals surface area contributed by atoms with E-state index in [1.807, 2.05) is 0 Å². The van der Waals surface area contributed by atoms with Crippen molar-refractivity contribution in [3.8, 4) is 0 Å². The third-order valence-electron chi connectivity index (χ3n) is 2.03. The maximum absolute atomic E-state index is 10.9. The van der Waals surface area contributed by atoms with E-state index in [1.54, 1.807) is 0 Å². The molecular formula is C9H3ClN5O4S. The first-order valence-corrected chi connectivity index (χ1v) is 6.05. The molecule has 0 atom stereocenters. The number of nitro benzene ring substituents is 2. The Morgan fingerprint density at radius 3 is 2.55 bits per heavy atom. The van der Waals surface area contributed by atoms with E-state index < -0.39 is 15.5 Å². The Hall–Kier alpha value is -2.33. The maximum Gasteiger partial charge on any atom is 0.290 e. The molecule has 11 heteroatoms. The van der Waals surface area contributed by atoms with E-state index in [0.29, 0.717) is 0 Å². The van der Waals surface area contributed by atoms with Gasteiger partial charge in [-0.15, -0.1) is 0 Å². The fourth-order valence-electron chi connectivity index (χ4n) is 1.23. The molecule has 1 radical (unpaired) electrons. The summed E-state index contributed by atoms with van der Waals surface area (Å²) in [6.45, 7) is 0. The van der Waals surface area contributed by atoms with Crippen molar-refractivity contribution in [2.45, 2.75) is 10.1 Å². The van der Waals surface area contributed by atoms with Gasteiger partial charge >= 0.3 is 0 Å². The van der Waals surface area contributed by atoms with Gasteiger partial charge in [0, 0.05) is 6.07 Å². The monoisotopic (exact) mass is 312 g/mol. The number of nitrogens with zero attached hydrogens (tertiary/aromatic N) is 5. The van der Waals surface area contributed by atoms with E-state index in [4.69, 9.17) is 11.6 Å². The number of hydrogen-bond acceptors (Lipinski definition) is 8. The first-order chi connectivity index (χ1) is 9.47. The largest absolute Gasteiger partial charge is 0.290 e. The van der Waals surface area contributed by atoms with Crippen LogP contribution in [0.3, 0.4) is 0 Å². The Kier molecular flexibility index (Phi) is 4.05. The molecule has 0 fully saturated rings. The molecule has 20 heavy (non-hydrogen) atoms. The lowest BCUT2D eigenvalue weighted by Gasteiger charge is -2.01.